The van der Waals surface area contributed by atoms with E-state index in [2.05, 4.69) is 0 Å². The lowest BCUT2D eigenvalue weighted by atomic mass is 10.2. The van der Waals surface area contributed by atoms with E-state index in [-0.39, 0.29) is 10.6 Å². The summed E-state index contributed by atoms with van der Waals surface area (Å²) < 4.78 is 35.3. The molecule has 0 aliphatic heterocycles. The minimum Gasteiger partial charge on any atom is -0.490 e. The second-order valence-corrected chi connectivity index (χ2v) is 6.28. The first kappa shape index (κ1) is 15.7. The molecule has 0 aromatic heterocycles. The maximum Gasteiger partial charge on any atom is 0.339 e. The molecule has 0 radical (unpaired) electrons. The van der Waals surface area contributed by atoms with E-state index in [1.54, 1.807) is 37.3 Å². The van der Waals surface area contributed by atoms with Crippen molar-refractivity contribution in [1.29, 1.82) is 0 Å². The van der Waals surface area contributed by atoms with E-state index in [0.717, 1.165) is 0 Å². The highest BCUT2D eigenvalue weighted by atomic mass is 35.5. The zero-order chi connectivity index (χ0) is 15.5. The Balaban J connectivity index is 2.38. The van der Waals surface area contributed by atoms with E-state index in [1.165, 1.54) is 12.1 Å². The fourth-order valence-electron chi connectivity index (χ4n) is 1.85. The third kappa shape index (κ3) is 3.68. The molecule has 0 aliphatic carbocycles. The van der Waals surface area contributed by atoms with Crippen LogP contribution in [0.25, 0.3) is 0 Å². The van der Waals surface area contributed by atoms with Gasteiger partial charge in [0.1, 0.15) is 4.90 Å². The van der Waals surface area contributed by atoms with E-state index in [0.29, 0.717) is 22.9 Å². The van der Waals surface area contributed by atoms with Gasteiger partial charge in [-0.3, -0.25) is 0 Å². The molecule has 2 rings (SSSR count). The molecule has 0 spiro atoms. The topological polar surface area (TPSA) is 52.6 Å². The normalized spacial score (nSPS) is 11.2. The third-order valence-corrected chi connectivity index (χ3v) is 4.39. The number of benzene rings is 2. The molecule has 2 aromatic rings. The minimum absolute atomic E-state index is 0.0817. The summed E-state index contributed by atoms with van der Waals surface area (Å²) >= 11 is 5.84. The van der Waals surface area contributed by atoms with Gasteiger partial charge in [-0.2, -0.15) is 8.42 Å². The Hall–Kier alpha value is -1.72. The Morgan fingerprint density at radius 2 is 1.76 bits per heavy atom. The molecule has 0 amide bonds. The Bertz CT molecular complexity index is 741. The van der Waals surface area contributed by atoms with Crippen molar-refractivity contribution in [2.24, 2.45) is 0 Å². The molecule has 0 saturated carbocycles. The van der Waals surface area contributed by atoms with E-state index in [4.69, 9.17) is 20.5 Å². The van der Waals surface area contributed by atoms with Gasteiger partial charge in [0.25, 0.3) is 0 Å². The van der Waals surface area contributed by atoms with Gasteiger partial charge in [-0.1, -0.05) is 23.7 Å². The van der Waals surface area contributed by atoms with Gasteiger partial charge in [-0.05, 0) is 49.7 Å². The Kier molecular flexibility index (Phi) is 4.75. The minimum atomic E-state index is -3.94. The average Bonchev–Trinajstić information content (AvgIpc) is 2.40. The Morgan fingerprint density at radius 3 is 2.38 bits per heavy atom. The lowest BCUT2D eigenvalue weighted by Crippen LogP contribution is -2.12. The van der Waals surface area contributed by atoms with Crippen molar-refractivity contribution in [3.05, 3.63) is 53.1 Å². The molecule has 2 aromatic carbocycles. The Morgan fingerprint density at radius 1 is 1.10 bits per heavy atom. The van der Waals surface area contributed by atoms with Crippen LogP contribution < -0.4 is 8.92 Å². The van der Waals surface area contributed by atoms with Gasteiger partial charge in [0.2, 0.25) is 0 Å². The molecule has 0 bridgehead atoms. The highest BCUT2D eigenvalue weighted by molar-refractivity contribution is 7.87. The van der Waals surface area contributed by atoms with Crippen LogP contribution >= 0.6 is 11.6 Å². The van der Waals surface area contributed by atoms with Crippen LogP contribution in [0.3, 0.4) is 0 Å². The van der Waals surface area contributed by atoms with Gasteiger partial charge in [0.05, 0.1) is 6.61 Å². The zero-order valence-electron chi connectivity index (χ0n) is 11.7. The molecule has 0 N–H and O–H groups in total. The van der Waals surface area contributed by atoms with Gasteiger partial charge < -0.3 is 8.92 Å². The van der Waals surface area contributed by atoms with Crippen LogP contribution in [0.2, 0.25) is 5.02 Å². The molecule has 0 fully saturated rings. The molecule has 21 heavy (non-hydrogen) atoms. The molecule has 6 heteroatoms. The third-order valence-electron chi connectivity index (χ3n) is 2.75. The van der Waals surface area contributed by atoms with Gasteiger partial charge in [-0.15, -0.1) is 0 Å². The van der Waals surface area contributed by atoms with Crippen molar-refractivity contribution in [3.8, 4) is 11.5 Å². The standard InChI is InChI=1S/C15H15ClO4S/c1-3-19-13-6-4-5-7-14(13)20-21(17,18)15-9-8-12(16)10-11(15)2/h4-10H,3H2,1-2H3. The maximum absolute atomic E-state index is 12.4. The van der Waals surface area contributed by atoms with Crippen LogP contribution in [0.5, 0.6) is 11.5 Å². The lowest BCUT2D eigenvalue weighted by Gasteiger charge is -2.12. The van der Waals surface area contributed by atoms with E-state index in [1.807, 2.05) is 6.92 Å². The van der Waals surface area contributed by atoms with Crippen LogP contribution in [0.1, 0.15) is 12.5 Å². The van der Waals surface area contributed by atoms with E-state index >= 15 is 0 Å². The van der Waals surface area contributed by atoms with Crippen LogP contribution in [-0.2, 0) is 10.1 Å². The summed E-state index contributed by atoms with van der Waals surface area (Å²) in [5.74, 6) is 0.545. The van der Waals surface area contributed by atoms with Crippen molar-refractivity contribution in [2.75, 3.05) is 6.61 Å². The van der Waals surface area contributed by atoms with Crippen LogP contribution in [0, 0.1) is 6.92 Å². The van der Waals surface area contributed by atoms with Crippen molar-refractivity contribution in [1.82, 2.24) is 0 Å². The number of aryl methyl sites for hydroxylation is 1. The second-order valence-electron chi connectivity index (χ2n) is 4.33. The molecule has 0 atom stereocenters. The Labute approximate surface area is 129 Å². The van der Waals surface area contributed by atoms with Crippen molar-refractivity contribution in [2.45, 2.75) is 18.7 Å². The zero-order valence-corrected chi connectivity index (χ0v) is 13.2. The second kappa shape index (κ2) is 6.37. The molecular formula is C15H15ClO4S. The average molecular weight is 327 g/mol. The summed E-state index contributed by atoms with van der Waals surface area (Å²) in [4.78, 5) is 0.0817. The van der Waals surface area contributed by atoms with Crippen LogP contribution in [-0.4, -0.2) is 15.0 Å². The first-order chi connectivity index (χ1) is 9.94. The van der Waals surface area contributed by atoms with Gasteiger partial charge in [0, 0.05) is 5.02 Å². The summed E-state index contributed by atoms with van der Waals surface area (Å²) in [5, 5.41) is 0.473. The maximum atomic E-state index is 12.4. The molecule has 0 aliphatic rings. The quantitative estimate of drug-likeness (QED) is 0.784. The fraction of sp³-hybridized carbons (Fsp3) is 0.200. The van der Waals surface area contributed by atoms with Crippen molar-refractivity contribution < 1.29 is 17.3 Å². The van der Waals surface area contributed by atoms with E-state index < -0.39 is 10.1 Å². The number of para-hydroxylation sites is 2. The van der Waals surface area contributed by atoms with Gasteiger partial charge in [0.15, 0.2) is 11.5 Å². The summed E-state index contributed by atoms with van der Waals surface area (Å²) in [6, 6.07) is 11.2. The summed E-state index contributed by atoms with van der Waals surface area (Å²) in [5.41, 5.74) is 0.524. The molecule has 112 valence electrons. The number of ether oxygens (including phenoxy) is 1. The van der Waals surface area contributed by atoms with Gasteiger partial charge in [-0.25, -0.2) is 0 Å². The largest absolute Gasteiger partial charge is 0.490 e. The smallest absolute Gasteiger partial charge is 0.339 e. The van der Waals surface area contributed by atoms with Crippen LogP contribution in [0.15, 0.2) is 47.4 Å². The SMILES string of the molecule is CCOc1ccccc1OS(=O)(=O)c1ccc(Cl)cc1C. The monoisotopic (exact) mass is 326 g/mol. The number of hydrogen-bond acceptors (Lipinski definition) is 4. The first-order valence-corrected chi connectivity index (χ1v) is 8.15. The predicted octanol–water partition coefficient (Wildman–Crippen LogP) is 3.81. The van der Waals surface area contributed by atoms with E-state index in [9.17, 15) is 8.42 Å². The summed E-state index contributed by atoms with van der Waals surface area (Å²) in [6.45, 7) is 3.89. The number of hydrogen-bond donors (Lipinski definition) is 0. The fourth-order valence-corrected chi connectivity index (χ4v) is 3.23. The number of halogens is 1. The van der Waals surface area contributed by atoms with Gasteiger partial charge >= 0.3 is 10.1 Å². The molecular weight excluding hydrogens is 312 g/mol. The van der Waals surface area contributed by atoms with Crippen LogP contribution in [0.4, 0.5) is 0 Å². The highest BCUT2D eigenvalue weighted by Gasteiger charge is 2.21. The highest BCUT2D eigenvalue weighted by Crippen LogP contribution is 2.30. The first-order valence-electron chi connectivity index (χ1n) is 6.36. The summed E-state index contributed by atoms with van der Waals surface area (Å²) in [6.07, 6.45) is 0. The molecule has 4 nitrogen and oxygen atoms in total. The molecule has 0 heterocycles. The number of rotatable bonds is 5. The lowest BCUT2D eigenvalue weighted by molar-refractivity contribution is 0.327. The summed E-state index contributed by atoms with van der Waals surface area (Å²) in [7, 11) is -3.94. The molecule has 0 saturated heterocycles. The predicted molar refractivity (Wildman–Crippen MR) is 81.6 cm³/mol. The molecule has 0 unspecified atom stereocenters. The van der Waals surface area contributed by atoms with Crippen molar-refractivity contribution >= 4 is 21.7 Å². The van der Waals surface area contributed by atoms with Crippen molar-refractivity contribution in [3.63, 3.8) is 0 Å².